The molecular formula is C19H19ClN2O5. The van der Waals surface area contributed by atoms with Crippen molar-refractivity contribution >= 4 is 34.9 Å². The number of non-ortho nitro benzene ring substituents is 1. The van der Waals surface area contributed by atoms with Crippen molar-refractivity contribution in [2.24, 2.45) is 0 Å². The van der Waals surface area contributed by atoms with Crippen molar-refractivity contribution in [3.8, 4) is 0 Å². The molecule has 2 rings (SSSR count). The van der Waals surface area contributed by atoms with E-state index in [0.717, 1.165) is 22.8 Å². The highest BCUT2D eigenvalue weighted by Crippen LogP contribution is 2.24. The molecule has 27 heavy (non-hydrogen) atoms. The van der Waals surface area contributed by atoms with Crippen LogP contribution in [0.25, 0.3) is 0 Å². The van der Waals surface area contributed by atoms with E-state index in [-0.39, 0.29) is 16.3 Å². The van der Waals surface area contributed by atoms with Crippen molar-refractivity contribution < 1.29 is 19.2 Å². The Hall–Kier alpha value is -2.93. The van der Waals surface area contributed by atoms with Crippen LogP contribution in [0.2, 0.25) is 5.02 Å². The van der Waals surface area contributed by atoms with Crippen LogP contribution in [0.5, 0.6) is 0 Å². The lowest BCUT2D eigenvalue weighted by molar-refractivity contribution is -0.384. The van der Waals surface area contributed by atoms with E-state index < -0.39 is 22.9 Å². The van der Waals surface area contributed by atoms with Crippen LogP contribution in [0.15, 0.2) is 30.3 Å². The van der Waals surface area contributed by atoms with Gasteiger partial charge in [-0.25, -0.2) is 4.79 Å². The number of aryl methyl sites for hydroxylation is 3. The van der Waals surface area contributed by atoms with Crippen LogP contribution in [0, 0.1) is 30.9 Å². The number of ether oxygens (including phenoxy) is 1. The molecule has 142 valence electrons. The molecule has 0 heterocycles. The Morgan fingerprint density at radius 3 is 2.30 bits per heavy atom. The van der Waals surface area contributed by atoms with Gasteiger partial charge >= 0.3 is 5.97 Å². The van der Waals surface area contributed by atoms with Crippen molar-refractivity contribution in [1.82, 2.24) is 0 Å². The number of halogens is 1. The number of hydrogen-bond acceptors (Lipinski definition) is 5. The summed E-state index contributed by atoms with van der Waals surface area (Å²) in [6.45, 7) is 7.11. The van der Waals surface area contributed by atoms with Crippen molar-refractivity contribution in [3.05, 3.63) is 67.7 Å². The van der Waals surface area contributed by atoms with Gasteiger partial charge < -0.3 is 10.1 Å². The number of esters is 1. The molecule has 0 unspecified atom stereocenters. The average Bonchev–Trinajstić information content (AvgIpc) is 2.57. The second-order valence-electron chi connectivity index (χ2n) is 6.23. The lowest BCUT2D eigenvalue weighted by Gasteiger charge is -2.17. The number of nitrogens with zero attached hydrogens (tertiary/aromatic N) is 1. The number of nitrogens with one attached hydrogen (secondary N) is 1. The zero-order valence-corrected chi connectivity index (χ0v) is 16.1. The topological polar surface area (TPSA) is 98.5 Å². The van der Waals surface area contributed by atoms with E-state index in [1.807, 2.05) is 32.9 Å². The summed E-state index contributed by atoms with van der Waals surface area (Å²) in [6, 6.07) is 7.30. The lowest BCUT2D eigenvalue weighted by Crippen LogP contribution is -2.30. The molecule has 1 atom stereocenters. The normalized spacial score (nSPS) is 11.6. The first-order valence-corrected chi connectivity index (χ1v) is 8.51. The largest absolute Gasteiger partial charge is 0.449 e. The second-order valence-corrected chi connectivity index (χ2v) is 6.64. The first-order valence-electron chi connectivity index (χ1n) is 8.13. The highest BCUT2D eigenvalue weighted by atomic mass is 35.5. The van der Waals surface area contributed by atoms with Crippen molar-refractivity contribution in [2.45, 2.75) is 33.8 Å². The molecule has 7 nitrogen and oxygen atoms in total. The maximum atomic E-state index is 12.4. The zero-order chi connectivity index (χ0) is 20.3. The molecule has 2 aromatic rings. The van der Waals surface area contributed by atoms with E-state index in [2.05, 4.69) is 5.32 Å². The Balaban J connectivity index is 2.14. The fourth-order valence-corrected chi connectivity index (χ4v) is 2.86. The molecule has 0 radical (unpaired) electrons. The van der Waals surface area contributed by atoms with E-state index in [1.165, 1.54) is 19.1 Å². The minimum absolute atomic E-state index is 0.00318. The predicted molar refractivity (Wildman–Crippen MR) is 102 cm³/mol. The van der Waals surface area contributed by atoms with Crippen LogP contribution < -0.4 is 5.32 Å². The number of nitro groups is 1. The average molecular weight is 391 g/mol. The molecule has 0 aliphatic heterocycles. The van der Waals surface area contributed by atoms with Crippen molar-refractivity contribution in [2.75, 3.05) is 5.32 Å². The van der Waals surface area contributed by atoms with Gasteiger partial charge in [-0.15, -0.1) is 0 Å². The van der Waals surface area contributed by atoms with Gasteiger partial charge in [0.25, 0.3) is 11.6 Å². The molecule has 1 amide bonds. The minimum Gasteiger partial charge on any atom is -0.449 e. The number of benzene rings is 2. The number of carbonyl (C=O) groups excluding carboxylic acids is 2. The highest BCUT2D eigenvalue weighted by Gasteiger charge is 2.23. The quantitative estimate of drug-likeness (QED) is 0.464. The third-order valence-corrected chi connectivity index (χ3v) is 4.29. The fourth-order valence-electron chi connectivity index (χ4n) is 2.66. The molecule has 2 aromatic carbocycles. The molecule has 0 bridgehead atoms. The number of hydrogen-bond donors (Lipinski definition) is 1. The van der Waals surface area contributed by atoms with Gasteiger partial charge in [0.1, 0.15) is 0 Å². The summed E-state index contributed by atoms with van der Waals surface area (Å²) in [4.78, 5) is 34.9. The van der Waals surface area contributed by atoms with E-state index in [4.69, 9.17) is 16.3 Å². The maximum Gasteiger partial charge on any atom is 0.340 e. The number of rotatable bonds is 5. The fraction of sp³-hybridized carbons (Fsp3) is 0.263. The van der Waals surface area contributed by atoms with Crippen LogP contribution in [-0.4, -0.2) is 22.9 Å². The number of nitro benzene ring substituents is 1. The maximum absolute atomic E-state index is 12.4. The summed E-state index contributed by atoms with van der Waals surface area (Å²) in [5, 5.41) is 13.6. The Labute approximate surface area is 161 Å². The van der Waals surface area contributed by atoms with Gasteiger partial charge in [-0.1, -0.05) is 29.3 Å². The Bertz CT molecular complexity index is 903. The third-order valence-electron chi connectivity index (χ3n) is 3.96. The molecule has 0 aliphatic rings. The smallest absolute Gasteiger partial charge is 0.340 e. The van der Waals surface area contributed by atoms with Gasteiger partial charge in [-0.05, 0) is 44.9 Å². The number of anilines is 1. The predicted octanol–water partition coefficient (Wildman–Crippen LogP) is 4.36. The molecule has 0 aromatic heterocycles. The van der Waals surface area contributed by atoms with Gasteiger partial charge in [0, 0.05) is 17.8 Å². The van der Waals surface area contributed by atoms with Crippen LogP contribution in [0.3, 0.4) is 0 Å². The molecule has 0 saturated carbocycles. The van der Waals surface area contributed by atoms with Gasteiger partial charge in [-0.3, -0.25) is 14.9 Å². The van der Waals surface area contributed by atoms with Crippen molar-refractivity contribution in [3.63, 3.8) is 0 Å². The van der Waals surface area contributed by atoms with Crippen molar-refractivity contribution in [1.29, 1.82) is 0 Å². The third kappa shape index (κ3) is 4.83. The SMILES string of the molecule is Cc1cc(C)c(NC(=O)[C@@H](C)OC(=O)c2cc([N+](=O)[O-])ccc2Cl)c(C)c1. The van der Waals surface area contributed by atoms with E-state index in [0.29, 0.717) is 5.69 Å². The molecule has 0 saturated heterocycles. The van der Waals surface area contributed by atoms with Gasteiger partial charge in [0.2, 0.25) is 0 Å². The van der Waals surface area contributed by atoms with Crippen LogP contribution in [-0.2, 0) is 9.53 Å². The minimum atomic E-state index is -1.12. The molecular weight excluding hydrogens is 372 g/mol. The molecule has 1 N–H and O–H groups in total. The van der Waals surface area contributed by atoms with E-state index in [9.17, 15) is 19.7 Å². The van der Waals surface area contributed by atoms with Gasteiger partial charge in [-0.2, -0.15) is 0 Å². The molecule has 0 spiro atoms. The van der Waals surface area contributed by atoms with Crippen LogP contribution in [0.4, 0.5) is 11.4 Å². The Kier molecular flexibility index (Phi) is 6.17. The molecule has 0 fully saturated rings. The monoisotopic (exact) mass is 390 g/mol. The van der Waals surface area contributed by atoms with Crippen LogP contribution >= 0.6 is 11.6 Å². The summed E-state index contributed by atoms with van der Waals surface area (Å²) >= 11 is 5.92. The summed E-state index contributed by atoms with van der Waals surface area (Å²) < 4.78 is 5.13. The molecule has 8 heteroatoms. The standard InChI is InChI=1S/C19H19ClN2O5/c1-10-7-11(2)17(12(3)8-10)21-18(23)13(4)27-19(24)15-9-14(22(25)26)5-6-16(15)20/h5-9,13H,1-4H3,(H,21,23)/t13-/m1/s1. The van der Waals surface area contributed by atoms with Crippen LogP contribution in [0.1, 0.15) is 34.0 Å². The first kappa shape index (κ1) is 20.4. The first-order chi connectivity index (χ1) is 12.6. The lowest BCUT2D eigenvalue weighted by atomic mass is 10.0. The summed E-state index contributed by atoms with van der Waals surface area (Å²) in [5.41, 5.74) is 3.04. The zero-order valence-electron chi connectivity index (χ0n) is 15.3. The van der Waals surface area contributed by atoms with Gasteiger partial charge in [0.05, 0.1) is 15.5 Å². The second kappa shape index (κ2) is 8.18. The Morgan fingerprint density at radius 1 is 1.15 bits per heavy atom. The Morgan fingerprint density at radius 2 is 1.74 bits per heavy atom. The highest BCUT2D eigenvalue weighted by molar-refractivity contribution is 6.33. The summed E-state index contributed by atoms with van der Waals surface area (Å²) in [7, 11) is 0. The number of carbonyl (C=O) groups is 2. The number of amides is 1. The summed E-state index contributed by atoms with van der Waals surface area (Å²) in [6.07, 6.45) is -1.12. The van der Waals surface area contributed by atoms with E-state index in [1.54, 1.807) is 0 Å². The van der Waals surface area contributed by atoms with E-state index >= 15 is 0 Å². The summed E-state index contributed by atoms with van der Waals surface area (Å²) in [5.74, 6) is -1.43. The molecule has 0 aliphatic carbocycles. The van der Waals surface area contributed by atoms with Gasteiger partial charge in [0.15, 0.2) is 6.10 Å².